The molecule has 1 atom stereocenters. The molecule has 0 aliphatic heterocycles. The van der Waals surface area contributed by atoms with Gasteiger partial charge in [-0.15, -0.1) is 0 Å². The van der Waals surface area contributed by atoms with E-state index in [1.54, 1.807) is 18.2 Å². The molecule has 1 aromatic heterocycles. The van der Waals surface area contributed by atoms with Crippen molar-refractivity contribution in [2.24, 2.45) is 0 Å². The van der Waals surface area contributed by atoms with Crippen molar-refractivity contribution in [2.75, 3.05) is 0 Å². The van der Waals surface area contributed by atoms with E-state index in [-0.39, 0.29) is 28.2 Å². The average molecular weight is 636 g/mol. The molecule has 1 unspecified atom stereocenters. The summed E-state index contributed by atoms with van der Waals surface area (Å²) in [7, 11) is 0. The minimum Gasteiger partial charge on any atom is -1.00 e. The van der Waals surface area contributed by atoms with Crippen LogP contribution in [0.3, 0.4) is 0 Å². The van der Waals surface area contributed by atoms with E-state index in [1.807, 2.05) is 0 Å². The molecule has 0 bridgehead atoms. The Kier molecular flexibility index (Phi) is 8.47. The number of alkyl halides is 3. The van der Waals surface area contributed by atoms with Crippen molar-refractivity contribution in [1.29, 1.82) is 0 Å². The van der Waals surface area contributed by atoms with Gasteiger partial charge in [0.1, 0.15) is 0 Å². The molecule has 0 fully saturated rings. The van der Waals surface area contributed by atoms with E-state index < -0.39 is 51.4 Å². The number of hydrogen-bond acceptors (Lipinski definition) is 5. The van der Waals surface area contributed by atoms with Crippen LogP contribution in [-0.4, -0.2) is 22.9 Å². The first kappa shape index (κ1) is 23.2. The van der Waals surface area contributed by atoms with Crippen molar-refractivity contribution in [3.8, 4) is 0 Å². The first-order valence-corrected chi connectivity index (χ1v) is 12.6. The number of nitro benzene ring substituents is 1. The van der Waals surface area contributed by atoms with Crippen LogP contribution < -0.4 is 21.5 Å². The summed E-state index contributed by atoms with van der Waals surface area (Å²) in [6, 6.07) is 9.50. The maximum Gasteiger partial charge on any atom is -1.00 e. The Labute approximate surface area is 174 Å². The Bertz CT molecular complexity index is 818. The Morgan fingerprint density at radius 3 is 2.15 bits per heavy atom. The first-order chi connectivity index (χ1) is 12.2. The van der Waals surface area contributed by atoms with Gasteiger partial charge in [0.2, 0.25) is 0 Å². The van der Waals surface area contributed by atoms with Crippen molar-refractivity contribution in [3.63, 3.8) is 0 Å². The van der Waals surface area contributed by atoms with Crippen molar-refractivity contribution in [3.05, 3.63) is 70.5 Å². The van der Waals surface area contributed by atoms with Crippen LogP contribution in [0.4, 0.5) is 18.9 Å². The molecule has 0 N–H and O–H groups in total. The largest absolute Gasteiger partial charge is 1.00 e. The molecule has 2 rings (SSSR count). The number of hydrogen-bond donors (Lipinski definition) is 0. The van der Waals surface area contributed by atoms with E-state index in [2.05, 4.69) is 2.64 Å². The van der Waals surface area contributed by atoms with E-state index in [1.165, 1.54) is 29.1 Å². The third-order valence-electron chi connectivity index (χ3n) is 3.37. The summed E-state index contributed by atoms with van der Waals surface area (Å²) in [5.74, 6) is -2.87. The summed E-state index contributed by atoms with van der Waals surface area (Å²) in [6.45, 7) is 0. The number of benzene rings is 1. The molecule has 1 heterocycles. The van der Waals surface area contributed by atoms with Gasteiger partial charge in [-0.25, -0.2) is 0 Å². The second kappa shape index (κ2) is 9.88. The Morgan fingerprint density at radius 2 is 1.67 bits per heavy atom. The van der Waals surface area contributed by atoms with E-state index in [9.17, 15) is 32.9 Å². The van der Waals surface area contributed by atoms with Crippen LogP contribution in [0, 0.1) is 10.1 Å². The fraction of sp³-hybridized carbons (Fsp3) is 0.133. The Morgan fingerprint density at radius 1 is 1.11 bits per heavy atom. The Hall–Kier alpha value is -1.88. The molecule has 0 saturated heterocycles. The average Bonchev–Trinajstić information content (AvgIpc) is 2.61. The van der Waals surface area contributed by atoms with Crippen LogP contribution in [0.1, 0.15) is 13.9 Å². The number of Topliss-reactive ketones (excluding diaryl/α,β-unsaturated/α-hetero) is 1. The number of halogens is 4. The summed E-state index contributed by atoms with van der Waals surface area (Å²) >= 11 is -3.18. The normalized spacial score (nSPS) is 11.5. The van der Waals surface area contributed by atoms with Crippen LogP contribution in [0.15, 0.2) is 54.9 Å². The van der Waals surface area contributed by atoms with Gasteiger partial charge in [0, 0.05) is 0 Å². The number of carbonyl (C=O) groups excluding carboxylic acids is 2. The van der Waals surface area contributed by atoms with Crippen LogP contribution in [0.5, 0.6) is 0 Å². The topological polar surface area (TPSA) is 90.4 Å². The molecule has 0 saturated carbocycles. The minimum atomic E-state index is -5.12. The molecule has 27 heavy (non-hydrogen) atoms. The predicted molar refractivity (Wildman–Crippen MR) is 75.2 cm³/mol. The standard InChI is InChI=1S/C13H10N2O3.C2HF3O2.BrH.Hg/c16-13(10-14-8-2-1-3-9-14)11-4-6-12(7-5-11)15(17)18;3-2(4,5)1(6)7;;/h1-10H;(H,6,7);1H;/q+1;;;+1/p-2. The van der Waals surface area contributed by atoms with E-state index in [0.29, 0.717) is 0 Å². The van der Waals surface area contributed by atoms with E-state index in [4.69, 9.17) is 0 Å². The van der Waals surface area contributed by atoms with E-state index in [0.717, 1.165) is 12.1 Å². The van der Waals surface area contributed by atoms with Crippen LogP contribution in [-0.2, 0) is 32.5 Å². The number of non-ortho nitro benzene ring substituents is 1. The van der Waals surface area contributed by atoms with Crippen LogP contribution in [0.2, 0.25) is 0 Å². The van der Waals surface area contributed by atoms with Crippen molar-refractivity contribution < 1.29 is 76.9 Å². The molecular formula is C15H10BrF3HgN2O5. The molecule has 0 aliphatic carbocycles. The SMILES string of the molecule is O=C(c1ccc([N+](=O)[O-])cc1)[CH]([Hg][O]C(=O)C(F)(F)F)[n+]1ccccc1.[Br-]. The fourth-order valence-electron chi connectivity index (χ4n) is 2.09. The van der Waals surface area contributed by atoms with Gasteiger partial charge in [0.15, 0.2) is 0 Å². The molecule has 0 spiro atoms. The van der Waals surface area contributed by atoms with Gasteiger partial charge in [-0.2, -0.15) is 0 Å². The number of ketones is 1. The van der Waals surface area contributed by atoms with Gasteiger partial charge < -0.3 is 17.0 Å². The smallest absolute Gasteiger partial charge is 1.00 e. The van der Waals surface area contributed by atoms with Crippen molar-refractivity contribution in [2.45, 2.75) is 9.73 Å². The zero-order valence-electron chi connectivity index (χ0n) is 13.4. The van der Waals surface area contributed by atoms with Gasteiger partial charge in [0.25, 0.3) is 0 Å². The summed E-state index contributed by atoms with van der Waals surface area (Å²) in [4.78, 5) is 33.7. The molecule has 0 radical (unpaired) electrons. The number of rotatable bonds is 6. The van der Waals surface area contributed by atoms with Crippen molar-refractivity contribution >= 4 is 17.4 Å². The number of aromatic nitrogens is 1. The maximum atomic E-state index is 12.7. The predicted octanol–water partition coefficient (Wildman–Crippen LogP) is -0.629. The molecule has 1 aromatic carbocycles. The second-order valence-electron chi connectivity index (χ2n) is 5.10. The Balaban J connectivity index is 0.00000364. The third-order valence-corrected chi connectivity index (χ3v) is 9.34. The quantitative estimate of drug-likeness (QED) is 0.139. The summed E-state index contributed by atoms with van der Waals surface area (Å²) < 4.78 is 41.8. The van der Waals surface area contributed by atoms with Gasteiger partial charge in [0.05, 0.1) is 0 Å². The molecule has 7 nitrogen and oxygen atoms in total. The molecule has 140 valence electrons. The number of pyridine rings is 1. The van der Waals surface area contributed by atoms with Crippen LogP contribution in [0.25, 0.3) is 0 Å². The molecule has 2 aromatic rings. The molecule has 0 aliphatic rings. The number of nitro groups is 1. The van der Waals surface area contributed by atoms with Gasteiger partial charge in [-0.05, 0) is 0 Å². The van der Waals surface area contributed by atoms with Gasteiger partial charge >= 0.3 is 158 Å². The monoisotopic (exact) mass is 636 g/mol. The zero-order chi connectivity index (χ0) is 19.3. The van der Waals surface area contributed by atoms with Gasteiger partial charge in [-0.1, -0.05) is 0 Å². The van der Waals surface area contributed by atoms with E-state index >= 15 is 0 Å². The first-order valence-electron chi connectivity index (χ1n) is 7.18. The summed E-state index contributed by atoms with van der Waals surface area (Å²) in [6.07, 6.45) is -2.16. The molecule has 12 heteroatoms. The van der Waals surface area contributed by atoms with Crippen molar-refractivity contribution in [1.82, 2.24) is 0 Å². The third kappa shape index (κ3) is 6.34. The fourth-order valence-corrected chi connectivity index (χ4v) is 7.05. The molecular weight excluding hydrogens is 626 g/mol. The molecule has 0 amide bonds. The van der Waals surface area contributed by atoms with Crippen LogP contribution >= 0.6 is 0 Å². The summed E-state index contributed by atoms with van der Waals surface area (Å²) in [5.41, 5.74) is -0.140. The second-order valence-corrected chi connectivity index (χ2v) is 10.5. The van der Waals surface area contributed by atoms with Gasteiger partial charge in [-0.3, -0.25) is 0 Å². The minimum absolute atomic E-state index is 0. The number of carbonyl (C=O) groups is 2. The maximum absolute atomic E-state index is 12.7. The number of nitrogens with zero attached hydrogens (tertiary/aromatic N) is 2. The zero-order valence-corrected chi connectivity index (χ0v) is 20.5. The summed E-state index contributed by atoms with van der Waals surface area (Å²) in [5, 5.41) is 10.7.